The van der Waals surface area contributed by atoms with E-state index >= 15 is 0 Å². The van der Waals surface area contributed by atoms with Crippen molar-refractivity contribution in [1.29, 1.82) is 0 Å². The predicted octanol–water partition coefficient (Wildman–Crippen LogP) is 3.73. The number of imide groups is 1. The van der Waals surface area contributed by atoms with Crippen LogP contribution in [-0.4, -0.2) is 50.1 Å². The van der Waals surface area contributed by atoms with Gasteiger partial charge in [0.25, 0.3) is 11.8 Å². The third-order valence-corrected chi connectivity index (χ3v) is 4.98. The summed E-state index contributed by atoms with van der Waals surface area (Å²) in [5.41, 5.74) is 2.41. The Labute approximate surface area is 177 Å². The molecular weight excluding hydrogens is 380 g/mol. The minimum absolute atomic E-state index is 0.273. The minimum Gasteiger partial charge on any atom is -0.494 e. The van der Waals surface area contributed by atoms with E-state index in [0.717, 1.165) is 11.4 Å². The highest BCUT2D eigenvalue weighted by Crippen LogP contribution is 2.34. The number of carbonyl (C=O) groups excluding carboxylic acids is 2. The van der Waals surface area contributed by atoms with Gasteiger partial charge in [0.05, 0.1) is 12.2 Å². The van der Waals surface area contributed by atoms with Crippen molar-refractivity contribution in [2.24, 2.45) is 0 Å². The molecule has 1 aliphatic heterocycles. The minimum atomic E-state index is -0.273. The van der Waals surface area contributed by atoms with E-state index < -0.39 is 0 Å². The molecular formula is C24H28N2O4. The Morgan fingerprint density at radius 3 is 2.23 bits per heavy atom. The van der Waals surface area contributed by atoms with Gasteiger partial charge in [0, 0.05) is 32.5 Å². The number of ether oxygens (including phenoxy) is 2. The number of hydrogen-bond donors (Lipinski definition) is 0. The molecule has 0 saturated heterocycles. The molecule has 2 aromatic carbocycles. The third-order valence-electron chi connectivity index (χ3n) is 4.98. The van der Waals surface area contributed by atoms with E-state index in [1.54, 1.807) is 7.11 Å². The molecule has 1 heterocycles. The van der Waals surface area contributed by atoms with E-state index in [1.807, 2.05) is 73.3 Å². The third kappa shape index (κ3) is 4.39. The second-order valence-corrected chi connectivity index (χ2v) is 6.87. The summed E-state index contributed by atoms with van der Waals surface area (Å²) in [6.07, 6.45) is 0.593. The Morgan fingerprint density at radius 2 is 1.63 bits per heavy atom. The Morgan fingerprint density at radius 1 is 0.933 bits per heavy atom. The number of amides is 2. The molecule has 1 aliphatic rings. The molecule has 6 heteroatoms. The zero-order valence-corrected chi connectivity index (χ0v) is 17.8. The number of hydrogen-bond acceptors (Lipinski definition) is 5. The Balaban J connectivity index is 2.06. The number of para-hydroxylation sites is 1. The molecule has 0 aromatic heterocycles. The van der Waals surface area contributed by atoms with Gasteiger partial charge in [-0.3, -0.25) is 14.5 Å². The van der Waals surface area contributed by atoms with Gasteiger partial charge in [-0.15, -0.1) is 0 Å². The maximum atomic E-state index is 13.4. The lowest BCUT2D eigenvalue weighted by molar-refractivity contribution is -0.137. The molecule has 2 aromatic rings. The molecule has 0 aliphatic carbocycles. The molecule has 30 heavy (non-hydrogen) atoms. The molecule has 158 valence electrons. The fraction of sp³-hybridized carbons (Fsp3) is 0.333. The van der Waals surface area contributed by atoms with Crippen LogP contribution in [0.4, 0.5) is 5.69 Å². The first-order chi connectivity index (χ1) is 14.6. The predicted molar refractivity (Wildman–Crippen MR) is 117 cm³/mol. The van der Waals surface area contributed by atoms with E-state index in [4.69, 9.17) is 9.47 Å². The van der Waals surface area contributed by atoms with Gasteiger partial charge in [-0.1, -0.05) is 30.3 Å². The number of likely N-dealkylation sites (N-methyl/N-ethyl adjacent to an activating group) is 1. The van der Waals surface area contributed by atoms with Crippen molar-refractivity contribution >= 4 is 23.1 Å². The molecule has 0 unspecified atom stereocenters. The average molecular weight is 408 g/mol. The number of benzene rings is 2. The summed E-state index contributed by atoms with van der Waals surface area (Å²) in [6, 6.07) is 17.0. The van der Waals surface area contributed by atoms with Gasteiger partial charge >= 0.3 is 0 Å². The zero-order valence-electron chi connectivity index (χ0n) is 17.8. The van der Waals surface area contributed by atoms with Crippen LogP contribution in [0, 0.1) is 0 Å². The van der Waals surface area contributed by atoms with Crippen LogP contribution >= 0.6 is 0 Å². The fourth-order valence-electron chi connectivity index (χ4n) is 3.61. The van der Waals surface area contributed by atoms with Crippen molar-refractivity contribution in [2.75, 3.05) is 38.3 Å². The summed E-state index contributed by atoms with van der Waals surface area (Å²) in [4.78, 5) is 29.9. The lowest BCUT2D eigenvalue weighted by Crippen LogP contribution is -2.36. The fourth-order valence-corrected chi connectivity index (χ4v) is 3.61. The second-order valence-electron chi connectivity index (χ2n) is 6.87. The number of anilines is 1. The Hall–Kier alpha value is -3.12. The van der Waals surface area contributed by atoms with Gasteiger partial charge < -0.3 is 14.4 Å². The Kier molecular flexibility index (Phi) is 7.25. The van der Waals surface area contributed by atoms with Gasteiger partial charge in [0.2, 0.25) is 0 Å². The van der Waals surface area contributed by atoms with Crippen LogP contribution in [0.25, 0.3) is 5.57 Å². The van der Waals surface area contributed by atoms with Crippen LogP contribution in [0.1, 0.15) is 25.8 Å². The van der Waals surface area contributed by atoms with Crippen molar-refractivity contribution in [3.63, 3.8) is 0 Å². The van der Waals surface area contributed by atoms with Gasteiger partial charge in [-0.2, -0.15) is 0 Å². The summed E-state index contributed by atoms with van der Waals surface area (Å²) >= 11 is 0. The van der Waals surface area contributed by atoms with E-state index in [-0.39, 0.29) is 11.8 Å². The van der Waals surface area contributed by atoms with Crippen LogP contribution in [0.5, 0.6) is 5.75 Å². The molecule has 0 spiro atoms. The monoisotopic (exact) mass is 408 g/mol. The van der Waals surface area contributed by atoms with Gasteiger partial charge in [-0.25, -0.2) is 0 Å². The Bertz CT molecular complexity index is 907. The summed E-state index contributed by atoms with van der Waals surface area (Å²) in [5, 5.41) is 0. The standard InChI is InChI=1S/C24H28N2O4/c1-4-25(19-10-7-6-8-11-19)22-21(18-12-14-20(15-13-18)30-5-2)23(27)26(24(22)28)16-9-17-29-3/h6-8,10-15H,4-5,9,16-17H2,1-3H3. The first kappa shape index (κ1) is 21.6. The van der Waals surface area contributed by atoms with Crippen LogP contribution < -0.4 is 9.64 Å². The number of rotatable bonds is 10. The van der Waals surface area contributed by atoms with Crippen LogP contribution in [-0.2, 0) is 14.3 Å². The lowest BCUT2D eigenvalue weighted by Gasteiger charge is -2.25. The molecule has 0 fully saturated rings. The topological polar surface area (TPSA) is 59.1 Å². The van der Waals surface area contributed by atoms with E-state index in [0.29, 0.717) is 49.6 Å². The SMILES string of the molecule is CCOc1ccc(C2=C(N(CC)c3ccccc3)C(=O)N(CCCOC)C2=O)cc1. The quantitative estimate of drug-likeness (QED) is 0.443. The van der Waals surface area contributed by atoms with Gasteiger partial charge in [0.1, 0.15) is 11.4 Å². The van der Waals surface area contributed by atoms with E-state index in [2.05, 4.69) is 0 Å². The molecule has 2 amide bonds. The second kappa shape index (κ2) is 10.1. The van der Waals surface area contributed by atoms with Crippen LogP contribution in [0.2, 0.25) is 0 Å². The highest BCUT2D eigenvalue weighted by molar-refractivity contribution is 6.36. The van der Waals surface area contributed by atoms with E-state index in [1.165, 1.54) is 4.90 Å². The summed E-state index contributed by atoms with van der Waals surface area (Å²) in [7, 11) is 1.61. The number of carbonyl (C=O) groups is 2. The molecule has 3 rings (SSSR count). The van der Waals surface area contributed by atoms with Crippen molar-refractivity contribution in [1.82, 2.24) is 4.90 Å². The van der Waals surface area contributed by atoms with Crippen molar-refractivity contribution < 1.29 is 19.1 Å². The summed E-state index contributed by atoms with van der Waals surface area (Å²) < 4.78 is 10.6. The molecule has 0 atom stereocenters. The zero-order chi connectivity index (χ0) is 21.5. The van der Waals surface area contributed by atoms with Crippen LogP contribution in [0.15, 0.2) is 60.3 Å². The molecule has 0 saturated carbocycles. The largest absolute Gasteiger partial charge is 0.494 e. The molecule has 0 N–H and O–H groups in total. The molecule has 0 radical (unpaired) electrons. The average Bonchev–Trinajstić information content (AvgIpc) is 3.01. The lowest BCUT2D eigenvalue weighted by atomic mass is 10.0. The summed E-state index contributed by atoms with van der Waals surface area (Å²) in [6.45, 7) is 5.83. The van der Waals surface area contributed by atoms with Gasteiger partial charge in [0.15, 0.2) is 0 Å². The maximum Gasteiger partial charge on any atom is 0.278 e. The van der Waals surface area contributed by atoms with Crippen molar-refractivity contribution in [2.45, 2.75) is 20.3 Å². The number of methoxy groups -OCH3 is 1. The van der Waals surface area contributed by atoms with Crippen molar-refractivity contribution in [3.05, 3.63) is 65.9 Å². The van der Waals surface area contributed by atoms with Crippen LogP contribution in [0.3, 0.4) is 0 Å². The maximum absolute atomic E-state index is 13.4. The van der Waals surface area contributed by atoms with Gasteiger partial charge in [-0.05, 0) is 50.1 Å². The van der Waals surface area contributed by atoms with E-state index in [9.17, 15) is 9.59 Å². The van der Waals surface area contributed by atoms with Crippen molar-refractivity contribution in [3.8, 4) is 5.75 Å². The highest BCUT2D eigenvalue weighted by atomic mass is 16.5. The normalized spacial score (nSPS) is 13.9. The summed E-state index contributed by atoms with van der Waals surface area (Å²) in [5.74, 6) is 0.183. The molecule has 6 nitrogen and oxygen atoms in total. The molecule has 0 bridgehead atoms. The number of nitrogens with zero attached hydrogens (tertiary/aromatic N) is 2. The highest BCUT2D eigenvalue weighted by Gasteiger charge is 2.41. The first-order valence-corrected chi connectivity index (χ1v) is 10.3. The first-order valence-electron chi connectivity index (χ1n) is 10.3. The smallest absolute Gasteiger partial charge is 0.278 e.